The van der Waals surface area contributed by atoms with Crippen molar-refractivity contribution >= 4 is 5.95 Å². The number of rotatable bonds is 2. The van der Waals surface area contributed by atoms with Gasteiger partial charge in [0, 0.05) is 12.2 Å². The summed E-state index contributed by atoms with van der Waals surface area (Å²) in [5.74, 6) is -1.56. The Morgan fingerprint density at radius 2 is 2.04 bits per heavy atom. The number of aromatic nitrogens is 2. The zero-order chi connectivity index (χ0) is 16.6. The van der Waals surface area contributed by atoms with Crippen molar-refractivity contribution in [2.24, 2.45) is 0 Å². The molecule has 1 aromatic carbocycles. The molecule has 1 aliphatic rings. The molecule has 0 amide bonds. The van der Waals surface area contributed by atoms with Gasteiger partial charge in [-0.3, -0.25) is 0 Å². The van der Waals surface area contributed by atoms with Gasteiger partial charge in [0.15, 0.2) is 11.6 Å². The normalized spacial score (nSPS) is 20.6. The third kappa shape index (κ3) is 2.98. The van der Waals surface area contributed by atoms with Crippen LogP contribution in [0.4, 0.5) is 14.7 Å². The lowest BCUT2D eigenvalue weighted by Crippen LogP contribution is -2.26. The largest absolute Gasteiger partial charge is 0.391 e. The van der Waals surface area contributed by atoms with E-state index in [4.69, 9.17) is 5.26 Å². The van der Waals surface area contributed by atoms with Crippen molar-refractivity contribution in [3.8, 4) is 6.07 Å². The number of anilines is 1. The highest BCUT2D eigenvalue weighted by Gasteiger charge is 2.34. The van der Waals surface area contributed by atoms with Crippen LogP contribution >= 0.6 is 0 Å². The molecule has 0 saturated carbocycles. The van der Waals surface area contributed by atoms with Crippen molar-refractivity contribution in [2.45, 2.75) is 25.5 Å². The van der Waals surface area contributed by atoms with Crippen molar-refractivity contribution < 1.29 is 13.9 Å². The fraction of sp³-hybridized carbons (Fsp3) is 0.312. The molecule has 0 aliphatic carbocycles. The first-order valence-electron chi connectivity index (χ1n) is 7.13. The summed E-state index contributed by atoms with van der Waals surface area (Å²) in [5, 5.41) is 19.0. The van der Waals surface area contributed by atoms with E-state index in [1.807, 2.05) is 6.07 Å². The maximum Gasteiger partial charge on any atom is 0.227 e. The Kier molecular flexibility index (Phi) is 3.92. The van der Waals surface area contributed by atoms with Gasteiger partial charge in [0.2, 0.25) is 5.95 Å². The van der Waals surface area contributed by atoms with Crippen LogP contribution in [0.5, 0.6) is 0 Å². The number of nitrogens with zero attached hydrogens (tertiary/aromatic N) is 4. The van der Waals surface area contributed by atoms with Crippen LogP contribution < -0.4 is 4.90 Å². The number of benzene rings is 1. The first-order chi connectivity index (χ1) is 11.0. The van der Waals surface area contributed by atoms with Crippen LogP contribution in [0.25, 0.3) is 0 Å². The van der Waals surface area contributed by atoms with Crippen LogP contribution in [0.3, 0.4) is 0 Å². The second-order valence-corrected chi connectivity index (χ2v) is 5.54. The highest BCUT2D eigenvalue weighted by atomic mass is 19.2. The minimum atomic E-state index is -0.938. The third-order valence-electron chi connectivity index (χ3n) is 3.82. The van der Waals surface area contributed by atoms with Gasteiger partial charge in [0.1, 0.15) is 11.8 Å². The molecule has 0 spiro atoms. The van der Waals surface area contributed by atoms with Gasteiger partial charge in [-0.05, 0) is 37.1 Å². The van der Waals surface area contributed by atoms with Crippen LogP contribution in [-0.4, -0.2) is 27.7 Å². The van der Waals surface area contributed by atoms with Gasteiger partial charge in [-0.1, -0.05) is 6.07 Å². The molecule has 1 aliphatic heterocycles. The summed E-state index contributed by atoms with van der Waals surface area (Å²) in [4.78, 5) is 10.2. The fourth-order valence-electron chi connectivity index (χ4n) is 2.81. The molecule has 2 heterocycles. The van der Waals surface area contributed by atoms with Gasteiger partial charge < -0.3 is 10.0 Å². The molecule has 0 radical (unpaired) electrons. The SMILES string of the molecule is Cc1cc(C#N)nc(N2C[C@H](O)C[C@H]2c2ccc(F)c(F)c2)n1. The molecule has 2 atom stereocenters. The Morgan fingerprint density at radius 1 is 1.26 bits per heavy atom. The van der Waals surface area contributed by atoms with E-state index in [1.54, 1.807) is 17.9 Å². The van der Waals surface area contributed by atoms with Gasteiger partial charge in [0.25, 0.3) is 0 Å². The van der Waals surface area contributed by atoms with Gasteiger partial charge in [-0.15, -0.1) is 0 Å². The lowest BCUT2D eigenvalue weighted by Gasteiger charge is -2.25. The van der Waals surface area contributed by atoms with E-state index in [0.29, 0.717) is 23.6 Å². The molecule has 7 heteroatoms. The summed E-state index contributed by atoms with van der Waals surface area (Å²) in [7, 11) is 0. The van der Waals surface area contributed by atoms with E-state index < -0.39 is 17.7 Å². The average Bonchev–Trinajstić information content (AvgIpc) is 2.91. The molecule has 1 aromatic heterocycles. The zero-order valence-corrected chi connectivity index (χ0v) is 12.4. The molecular formula is C16H14F2N4O. The molecule has 118 valence electrons. The summed E-state index contributed by atoms with van der Waals surface area (Å²) >= 11 is 0. The van der Waals surface area contributed by atoms with E-state index in [9.17, 15) is 13.9 Å². The first kappa shape index (κ1) is 15.3. The number of aliphatic hydroxyl groups is 1. The number of aliphatic hydroxyl groups excluding tert-OH is 1. The molecule has 3 rings (SSSR count). The first-order valence-corrected chi connectivity index (χ1v) is 7.13. The van der Waals surface area contributed by atoms with E-state index in [2.05, 4.69) is 9.97 Å². The summed E-state index contributed by atoms with van der Waals surface area (Å²) in [5.41, 5.74) is 1.37. The maximum absolute atomic E-state index is 13.5. The number of aryl methyl sites for hydroxylation is 1. The number of hydrogen-bond donors (Lipinski definition) is 1. The Morgan fingerprint density at radius 3 is 2.74 bits per heavy atom. The molecule has 2 aromatic rings. The quantitative estimate of drug-likeness (QED) is 0.920. The molecule has 5 nitrogen and oxygen atoms in total. The number of β-amino-alcohol motifs (C(OH)–C–C–N with tert-alkyl or cyclic N) is 1. The van der Waals surface area contributed by atoms with Crippen molar-refractivity contribution in [3.05, 3.63) is 52.9 Å². The molecule has 1 N–H and O–H groups in total. The molecular weight excluding hydrogens is 302 g/mol. The van der Waals surface area contributed by atoms with Gasteiger partial charge >= 0.3 is 0 Å². The summed E-state index contributed by atoms with van der Waals surface area (Å²) in [6, 6.07) is 6.80. The predicted octanol–water partition coefficient (Wildman–Crippen LogP) is 2.25. The summed E-state index contributed by atoms with van der Waals surface area (Å²) < 4.78 is 26.6. The number of nitriles is 1. The molecule has 1 fully saturated rings. The Balaban J connectivity index is 2.01. The van der Waals surface area contributed by atoms with Gasteiger partial charge in [-0.2, -0.15) is 5.26 Å². The fourth-order valence-corrected chi connectivity index (χ4v) is 2.81. The molecule has 1 saturated heterocycles. The van der Waals surface area contributed by atoms with Gasteiger partial charge in [-0.25, -0.2) is 18.7 Å². The van der Waals surface area contributed by atoms with Crippen LogP contribution in [0, 0.1) is 29.9 Å². The number of hydrogen-bond acceptors (Lipinski definition) is 5. The molecule has 23 heavy (non-hydrogen) atoms. The van der Waals surface area contributed by atoms with Crippen LogP contribution in [0.2, 0.25) is 0 Å². The second kappa shape index (κ2) is 5.89. The zero-order valence-electron chi connectivity index (χ0n) is 12.4. The van der Waals surface area contributed by atoms with Crippen LogP contribution in [0.1, 0.15) is 29.4 Å². The lowest BCUT2D eigenvalue weighted by molar-refractivity contribution is 0.194. The lowest BCUT2D eigenvalue weighted by atomic mass is 10.0. The Labute approximate surface area is 131 Å². The van der Waals surface area contributed by atoms with Crippen LogP contribution in [0.15, 0.2) is 24.3 Å². The average molecular weight is 316 g/mol. The van der Waals surface area contributed by atoms with Crippen molar-refractivity contribution in [1.29, 1.82) is 5.26 Å². The smallest absolute Gasteiger partial charge is 0.227 e. The Bertz CT molecular complexity index is 790. The topological polar surface area (TPSA) is 73.0 Å². The summed E-state index contributed by atoms with van der Waals surface area (Å²) in [6.07, 6.45) is -0.285. The van der Waals surface area contributed by atoms with Gasteiger partial charge in [0.05, 0.1) is 12.1 Å². The monoisotopic (exact) mass is 316 g/mol. The maximum atomic E-state index is 13.5. The van der Waals surface area contributed by atoms with E-state index in [-0.39, 0.29) is 18.3 Å². The van der Waals surface area contributed by atoms with Crippen molar-refractivity contribution in [3.63, 3.8) is 0 Å². The minimum Gasteiger partial charge on any atom is -0.391 e. The van der Waals surface area contributed by atoms with Crippen LogP contribution in [-0.2, 0) is 0 Å². The molecule has 0 bridgehead atoms. The summed E-state index contributed by atoms with van der Waals surface area (Å²) in [6.45, 7) is 2.00. The van der Waals surface area contributed by atoms with E-state index >= 15 is 0 Å². The van der Waals surface area contributed by atoms with Crippen molar-refractivity contribution in [2.75, 3.05) is 11.4 Å². The standard InChI is InChI=1S/C16H14F2N4O/c1-9-4-11(7-19)21-16(20-9)22-8-12(23)6-15(22)10-2-3-13(17)14(18)5-10/h2-5,12,15,23H,6,8H2,1H3/t12-,15+/m1/s1. The highest BCUT2D eigenvalue weighted by Crippen LogP contribution is 2.35. The minimum absolute atomic E-state index is 0.220. The van der Waals surface area contributed by atoms with E-state index in [0.717, 1.165) is 12.1 Å². The highest BCUT2D eigenvalue weighted by molar-refractivity contribution is 5.42. The Hall–Kier alpha value is -2.59. The second-order valence-electron chi connectivity index (χ2n) is 5.54. The molecule has 0 unspecified atom stereocenters. The number of halogens is 2. The third-order valence-corrected chi connectivity index (χ3v) is 3.82. The van der Waals surface area contributed by atoms with Crippen molar-refractivity contribution in [1.82, 2.24) is 9.97 Å². The predicted molar refractivity (Wildman–Crippen MR) is 78.6 cm³/mol. The van der Waals surface area contributed by atoms with E-state index in [1.165, 1.54) is 6.07 Å².